The highest BCUT2D eigenvalue weighted by Crippen LogP contribution is 2.28. The van der Waals surface area contributed by atoms with Crippen molar-refractivity contribution in [3.8, 4) is 5.75 Å². The molecule has 0 unspecified atom stereocenters. The van der Waals surface area contributed by atoms with Crippen LogP contribution in [0.1, 0.15) is 68.6 Å². The Balaban J connectivity index is 2.33. The van der Waals surface area contributed by atoms with Gasteiger partial charge in [-0.25, -0.2) is 4.39 Å². The molecule has 0 aliphatic carbocycles. The first-order valence-electron chi connectivity index (χ1n) is 7.27. The Labute approximate surface area is 128 Å². The number of phenolic OH excluding ortho intramolecular Hbond substituents is 1. The van der Waals surface area contributed by atoms with E-state index in [4.69, 9.17) is 0 Å². The average Bonchev–Trinajstić information content (AvgIpc) is 2.43. The van der Waals surface area contributed by atoms with Gasteiger partial charge in [-0.3, -0.25) is 4.79 Å². The first-order chi connectivity index (χ1) is 9.56. The number of ketones is 1. The molecule has 0 aromatic heterocycles. The van der Waals surface area contributed by atoms with Crippen molar-refractivity contribution >= 4 is 21.7 Å². The zero-order valence-electron chi connectivity index (χ0n) is 11.9. The summed E-state index contributed by atoms with van der Waals surface area (Å²) in [6.45, 7) is 2.19. The van der Waals surface area contributed by atoms with Crippen LogP contribution < -0.4 is 0 Å². The minimum absolute atomic E-state index is 0.0711. The second kappa shape index (κ2) is 9.11. The number of unbranched alkanes of at least 4 members (excludes halogenated alkanes) is 6. The van der Waals surface area contributed by atoms with Crippen molar-refractivity contribution in [1.82, 2.24) is 0 Å². The summed E-state index contributed by atoms with van der Waals surface area (Å²) in [5.74, 6) is -1.28. The van der Waals surface area contributed by atoms with Gasteiger partial charge in [-0.2, -0.15) is 0 Å². The molecule has 0 aliphatic rings. The molecule has 4 heteroatoms. The Kier molecular flexibility index (Phi) is 7.82. The molecular formula is C16H22BrFO2. The lowest BCUT2D eigenvalue weighted by Crippen LogP contribution is -2.00. The third-order valence-corrected chi connectivity index (χ3v) is 3.95. The number of benzene rings is 1. The Morgan fingerprint density at radius 2 is 1.75 bits per heavy atom. The highest BCUT2D eigenvalue weighted by atomic mass is 79.9. The highest BCUT2D eigenvalue weighted by molar-refractivity contribution is 9.10. The van der Waals surface area contributed by atoms with Crippen molar-refractivity contribution < 1.29 is 14.3 Å². The lowest BCUT2D eigenvalue weighted by Gasteiger charge is -2.05. The molecule has 0 bridgehead atoms. The van der Waals surface area contributed by atoms with Gasteiger partial charge in [-0.15, -0.1) is 0 Å². The second-order valence-electron chi connectivity index (χ2n) is 5.08. The molecule has 0 heterocycles. The quantitative estimate of drug-likeness (QED) is 0.466. The zero-order chi connectivity index (χ0) is 15.0. The van der Waals surface area contributed by atoms with Gasteiger partial charge in [0.25, 0.3) is 0 Å². The molecule has 1 aromatic rings. The molecule has 0 saturated carbocycles. The van der Waals surface area contributed by atoms with Gasteiger partial charge in [0.15, 0.2) is 17.3 Å². The monoisotopic (exact) mass is 344 g/mol. The van der Waals surface area contributed by atoms with Crippen LogP contribution in [0.4, 0.5) is 4.39 Å². The number of carbonyl (C=O) groups excluding carboxylic acids is 1. The van der Waals surface area contributed by atoms with Crippen LogP contribution >= 0.6 is 15.9 Å². The van der Waals surface area contributed by atoms with E-state index < -0.39 is 11.6 Å². The van der Waals surface area contributed by atoms with Crippen molar-refractivity contribution in [3.63, 3.8) is 0 Å². The molecule has 0 aliphatic heterocycles. The molecule has 0 fully saturated rings. The maximum Gasteiger partial charge on any atom is 0.166 e. The Bertz CT molecular complexity index is 423. The minimum atomic E-state index is -0.762. The van der Waals surface area contributed by atoms with Gasteiger partial charge in [-0.05, 0) is 34.5 Å². The number of hydrogen-bond donors (Lipinski definition) is 1. The Morgan fingerprint density at radius 1 is 1.15 bits per heavy atom. The molecule has 1 aromatic carbocycles. The van der Waals surface area contributed by atoms with Crippen LogP contribution in [0, 0.1) is 5.82 Å². The smallest absolute Gasteiger partial charge is 0.166 e. The third kappa shape index (κ3) is 5.61. The van der Waals surface area contributed by atoms with Gasteiger partial charge >= 0.3 is 0 Å². The van der Waals surface area contributed by atoms with E-state index in [1.807, 2.05) is 0 Å². The molecule has 0 spiro atoms. The maximum atomic E-state index is 13.3. The highest BCUT2D eigenvalue weighted by Gasteiger charge is 2.12. The van der Waals surface area contributed by atoms with Gasteiger partial charge in [0, 0.05) is 12.0 Å². The fourth-order valence-corrected chi connectivity index (χ4v) is 2.55. The van der Waals surface area contributed by atoms with Crippen molar-refractivity contribution in [2.45, 2.75) is 58.3 Å². The molecule has 0 radical (unpaired) electrons. The van der Waals surface area contributed by atoms with E-state index in [1.165, 1.54) is 31.7 Å². The summed E-state index contributed by atoms with van der Waals surface area (Å²) < 4.78 is 13.6. The number of aromatic hydroxyl groups is 1. The van der Waals surface area contributed by atoms with Crippen molar-refractivity contribution in [2.75, 3.05) is 0 Å². The van der Waals surface area contributed by atoms with Crippen LogP contribution in [-0.2, 0) is 0 Å². The van der Waals surface area contributed by atoms with Crippen molar-refractivity contribution in [1.29, 1.82) is 0 Å². The van der Waals surface area contributed by atoms with Gasteiger partial charge < -0.3 is 5.11 Å². The molecule has 20 heavy (non-hydrogen) atoms. The summed E-state index contributed by atoms with van der Waals surface area (Å²) >= 11 is 3.04. The van der Waals surface area contributed by atoms with Crippen LogP contribution in [0.5, 0.6) is 5.75 Å². The first-order valence-corrected chi connectivity index (χ1v) is 8.06. The first kappa shape index (κ1) is 17.2. The predicted molar refractivity (Wildman–Crippen MR) is 82.7 cm³/mol. The average molecular weight is 345 g/mol. The van der Waals surface area contributed by atoms with E-state index in [0.717, 1.165) is 25.3 Å². The molecule has 1 rings (SSSR count). The summed E-state index contributed by atoms with van der Waals surface area (Å²) in [6, 6.07) is 2.58. The SMILES string of the molecule is CCCCCCCCCC(=O)c1cc(F)c(O)c(Br)c1. The minimum Gasteiger partial charge on any atom is -0.504 e. The molecule has 112 valence electrons. The van der Waals surface area contributed by atoms with Crippen molar-refractivity contribution in [3.05, 3.63) is 28.0 Å². The van der Waals surface area contributed by atoms with Gasteiger partial charge in [-0.1, -0.05) is 45.4 Å². The molecule has 0 atom stereocenters. The summed E-state index contributed by atoms with van der Waals surface area (Å²) in [5.41, 5.74) is 0.318. The van der Waals surface area contributed by atoms with Gasteiger partial charge in [0.2, 0.25) is 0 Å². The molecule has 2 nitrogen and oxygen atoms in total. The van der Waals surface area contributed by atoms with Gasteiger partial charge in [0.05, 0.1) is 4.47 Å². The van der Waals surface area contributed by atoms with Gasteiger partial charge in [0.1, 0.15) is 0 Å². The Hall–Kier alpha value is -0.900. The number of Topliss-reactive ketones (excluding diaryl/α,β-unsaturated/α-hetero) is 1. The number of halogens is 2. The predicted octanol–water partition coefficient (Wildman–Crippen LogP) is 5.62. The maximum absolute atomic E-state index is 13.3. The topological polar surface area (TPSA) is 37.3 Å². The number of rotatable bonds is 9. The van der Waals surface area contributed by atoms with Crippen LogP contribution in [0.15, 0.2) is 16.6 Å². The molecule has 0 amide bonds. The third-order valence-electron chi connectivity index (χ3n) is 3.35. The summed E-state index contributed by atoms with van der Waals surface area (Å²) in [5, 5.41) is 9.30. The second-order valence-corrected chi connectivity index (χ2v) is 5.94. The van der Waals surface area contributed by atoms with E-state index in [1.54, 1.807) is 0 Å². The number of phenols is 1. The lowest BCUT2D eigenvalue weighted by molar-refractivity contribution is 0.0978. The fourth-order valence-electron chi connectivity index (χ4n) is 2.11. The van der Waals surface area contributed by atoms with Crippen LogP contribution in [-0.4, -0.2) is 10.9 Å². The van der Waals surface area contributed by atoms with E-state index in [0.29, 0.717) is 12.0 Å². The zero-order valence-corrected chi connectivity index (χ0v) is 13.5. The summed E-state index contributed by atoms with van der Waals surface area (Å²) in [4.78, 5) is 11.9. The van der Waals surface area contributed by atoms with Crippen molar-refractivity contribution in [2.24, 2.45) is 0 Å². The van der Waals surface area contributed by atoms with Crippen LogP contribution in [0.3, 0.4) is 0 Å². The fraction of sp³-hybridized carbons (Fsp3) is 0.562. The van der Waals surface area contributed by atoms with Crippen LogP contribution in [0.2, 0.25) is 0 Å². The molecule has 0 saturated heterocycles. The standard InChI is InChI=1S/C16H22BrFO2/c1-2-3-4-5-6-7-8-9-15(19)12-10-13(17)16(20)14(18)11-12/h10-11,20H,2-9H2,1H3. The van der Waals surface area contributed by atoms with E-state index in [9.17, 15) is 14.3 Å². The number of carbonyl (C=O) groups is 1. The largest absolute Gasteiger partial charge is 0.504 e. The van der Waals surface area contributed by atoms with Crippen LogP contribution in [0.25, 0.3) is 0 Å². The molecular weight excluding hydrogens is 323 g/mol. The number of hydrogen-bond acceptors (Lipinski definition) is 2. The van der Waals surface area contributed by atoms with E-state index in [-0.39, 0.29) is 10.3 Å². The lowest BCUT2D eigenvalue weighted by atomic mass is 10.0. The normalized spacial score (nSPS) is 10.8. The van der Waals surface area contributed by atoms with E-state index in [2.05, 4.69) is 22.9 Å². The Morgan fingerprint density at radius 3 is 2.35 bits per heavy atom. The summed E-state index contributed by atoms with van der Waals surface area (Å²) in [7, 11) is 0. The molecule has 1 N–H and O–H groups in total. The van der Waals surface area contributed by atoms with E-state index >= 15 is 0 Å². The summed E-state index contributed by atoms with van der Waals surface area (Å²) in [6.07, 6.45) is 8.47.